The first kappa shape index (κ1) is 18.4. The third-order valence-electron chi connectivity index (χ3n) is 5.77. The number of ether oxygens (including phenoxy) is 1. The van der Waals surface area contributed by atoms with E-state index < -0.39 is 0 Å². The van der Waals surface area contributed by atoms with Crippen LogP contribution in [0.15, 0.2) is 12.2 Å². The van der Waals surface area contributed by atoms with Crippen LogP contribution in [-0.2, 0) is 14.3 Å². The van der Waals surface area contributed by atoms with Gasteiger partial charge in [-0.3, -0.25) is 14.5 Å². The summed E-state index contributed by atoms with van der Waals surface area (Å²) in [7, 11) is 0. The van der Waals surface area contributed by atoms with Crippen molar-refractivity contribution >= 4 is 11.8 Å². The van der Waals surface area contributed by atoms with Crippen molar-refractivity contribution in [1.29, 1.82) is 0 Å². The molecule has 0 unspecified atom stereocenters. The maximum Gasteiger partial charge on any atom is 0.246 e. The van der Waals surface area contributed by atoms with Crippen LogP contribution in [0.1, 0.15) is 32.6 Å². The van der Waals surface area contributed by atoms with E-state index in [2.05, 4.69) is 9.80 Å². The van der Waals surface area contributed by atoms with Crippen LogP contribution in [-0.4, -0.2) is 85.0 Å². The summed E-state index contributed by atoms with van der Waals surface area (Å²) in [6.45, 7) is 8.33. The second-order valence-corrected chi connectivity index (χ2v) is 7.42. The number of morpholine rings is 1. The second kappa shape index (κ2) is 8.81. The first-order chi connectivity index (χ1) is 12.1. The third-order valence-corrected chi connectivity index (χ3v) is 5.77. The van der Waals surface area contributed by atoms with E-state index in [1.807, 2.05) is 11.0 Å². The number of carbonyl (C=O) groups excluding carboxylic acids is 2. The van der Waals surface area contributed by atoms with Gasteiger partial charge in [0.1, 0.15) is 0 Å². The van der Waals surface area contributed by atoms with Crippen molar-refractivity contribution in [3.05, 3.63) is 12.2 Å². The Labute approximate surface area is 150 Å². The lowest BCUT2D eigenvalue weighted by atomic mass is 9.88. The van der Waals surface area contributed by atoms with E-state index in [1.54, 1.807) is 13.0 Å². The van der Waals surface area contributed by atoms with Gasteiger partial charge in [0, 0.05) is 58.3 Å². The number of nitrogens with zero attached hydrogens (tertiary/aromatic N) is 3. The SMILES string of the molecule is CC(=O)N1CC[C@@H]2[C@H](CCCCN2C(=O)/C=C/CN2CCOCC2)C1. The van der Waals surface area contributed by atoms with Crippen LogP contribution >= 0.6 is 0 Å². The largest absolute Gasteiger partial charge is 0.379 e. The third kappa shape index (κ3) is 4.82. The van der Waals surface area contributed by atoms with Gasteiger partial charge in [-0.2, -0.15) is 0 Å². The molecule has 3 aliphatic heterocycles. The van der Waals surface area contributed by atoms with Crippen molar-refractivity contribution < 1.29 is 14.3 Å². The molecule has 6 nitrogen and oxygen atoms in total. The Hall–Kier alpha value is -1.40. The molecule has 3 aliphatic rings. The van der Waals surface area contributed by atoms with Gasteiger partial charge in [-0.25, -0.2) is 0 Å². The highest BCUT2D eigenvalue weighted by molar-refractivity contribution is 5.88. The van der Waals surface area contributed by atoms with Crippen LogP contribution < -0.4 is 0 Å². The number of likely N-dealkylation sites (tertiary alicyclic amines) is 2. The Kier molecular flexibility index (Phi) is 6.48. The van der Waals surface area contributed by atoms with Crippen LogP contribution in [0.5, 0.6) is 0 Å². The molecule has 140 valence electrons. The van der Waals surface area contributed by atoms with Gasteiger partial charge in [-0.15, -0.1) is 0 Å². The molecule has 0 aliphatic carbocycles. The van der Waals surface area contributed by atoms with Gasteiger partial charge in [0.25, 0.3) is 0 Å². The Morgan fingerprint density at radius 3 is 2.64 bits per heavy atom. The Balaban J connectivity index is 1.57. The maximum atomic E-state index is 12.8. The average molecular weight is 349 g/mol. The normalized spacial score (nSPS) is 28.7. The van der Waals surface area contributed by atoms with E-state index >= 15 is 0 Å². The van der Waals surface area contributed by atoms with Gasteiger partial charge in [0.15, 0.2) is 0 Å². The molecule has 25 heavy (non-hydrogen) atoms. The summed E-state index contributed by atoms with van der Waals surface area (Å²) in [4.78, 5) is 30.8. The van der Waals surface area contributed by atoms with Gasteiger partial charge in [-0.1, -0.05) is 12.5 Å². The summed E-state index contributed by atoms with van der Waals surface area (Å²) in [6.07, 6.45) is 8.00. The zero-order chi connectivity index (χ0) is 17.6. The molecule has 0 N–H and O–H groups in total. The number of fused-ring (bicyclic) bond motifs is 1. The van der Waals surface area contributed by atoms with Crippen LogP contribution in [0.25, 0.3) is 0 Å². The van der Waals surface area contributed by atoms with Crippen molar-refractivity contribution in [3.63, 3.8) is 0 Å². The first-order valence-corrected chi connectivity index (χ1v) is 9.68. The van der Waals surface area contributed by atoms with Gasteiger partial charge in [-0.05, 0) is 25.2 Å². The predicted molar refractivity (Wildman–Crippen MR) is 96.1 cm³/mol. The quantitative estimate of drug-likeness (QED) is 0.717. The van der Waals surface area contributed by atoms with Crippen LogP contribution in [0.4, 0.5) is 0 Å². The number of amides is 2. The van der Waals surface area contributed by atoms with E-state index in [-0.39, 0.29) is 11.8 Å². The van der Waals surface area contributed by atoms with Crippen LogP contribution in [0.2, 0.25) is 0 Å². The molecular weight excluding hydrogens is 318 g/mol. The molecule has 0 aromatic heterocycles. The minimum atomic E-state index is 0.140. The smallest absolute Gasteiger partial charge is 0.246 e. The van der Waals surface area contributed by atoms with Gasteiger partial charge < -0.3 is 14.5 Å². The lowest BCUT2D eigenvalue weighted by Gasteiger charge is -2.42. The molecule has 2 amide bonds. The molecule has 0 radical (unpaired) electrons. The van der Waals surface area contributed by atoms with Crippen molar-refractivity contribution in [3.8, 4) is 0 Å². The fourth-order valence-corrected chi connectivity index (χ4v) is 4.31. The van der Waals surface area contributed by atoms with Gasteiger partial charge in [0.2, 0.25) is 11.8 Å². The summed E-state index contributed by atoms with van der Waals surface area (Å²) >= 11 is 0. The highest BCUT2D eigenvalue weighted by Gasteiger charge is 2.36. The lowest BCUT2D eigenvalue weighted by molar-refractivity contribution is -0.134. The molecule has 0 bridgehead atoms. The summed E-state index contributed by atoms with van der Waals surface area (Å²) < 4.78 is 5.35. The van der Waals surface area contributed by atoms with E-state index in [1.165, 1.54) is 0 Å². The number of rotatable bonds is 3. The minimum absolute atomic E-state index is 0.140. The molecule has 2 atom stereocenters. The molecule has 0 aromatic carbocycles. The van der Waals surface area contributed by atoms with E-state index in [0.29, 0.717) is 12.0 Å². The van der Waals surface area contributed by atoms with Crippen LogP contribution in [0, 0.1) is 5.92 Å². The van der Waals surface area contributed by atoms with E-state index in [9.17, 15) is 9.59 Å². The number of hydrogen-bond donors (Lipinski definition) is 0. The fourth-order valence-electron chi connectivity index (χ4n) is 4.31. The zero-order valence-electron chi connectivity index (χ0n) is 15.4. The van der Waals surface area contributed by atoms with Crippen molar-refractivity contribution in [2.24, 2.45) is 5.92 Å². The van der Waals surface area contributed by atoms with E-state index in [4.69, 9.17) is 4.74 Å². The van der Waals surface area contributed by atoms with Crippen LogP contribution in [0.3, 0.4) is 0 Å². The number of carbonyl (C=O) groups is 2. The average Bonchev–Trinajstić information content (AvgIpc) is 2.84. The van der Waals surface area contributed by atoms with E-state index in [0.717, 1.165) is 78.2 Å². The summed E-state index contributed by atoms with van der Waals surface area (Å²) in [6, 6.07) is 0.290. The first-order valence-electron chi connectivity index (χ1n) is 9.68. The highest BCUT2D eigenvalue weighted by Crippen LogP contribution is 2.30. The van der Waals surface area contributed by atoms with Crippen molar-refractivity contribution in [2.45, 2.75) is 38.6 Å². The number of piperidine rings is 1. The summed E-state index contributed by atoms with van der Waals surface area (Å²) in [5.74, 6) is 0.726. The zero-order valence-corrected chi connectivity index (χ0v) is 15.4. The second-order valence-electron chi connectivity index (χ2n) is 7.42. The summed E-state index contributed by atoms with van der Waals surface area (Å²) in [5.41, 5.74) is 0. The molecule has 6 heteroatoms. The number of hydrogen-bond acceptors (Lipinski definition) is 4. The molecule has 0 saturated carbocycles. The molecule has 3 heterocycles. The van der Waals surface area contributed by atoms with Crippen molar-refractivity contribution in [2.75, 3.05) is 52.5 Å². The molecule has 3 rings (SSSR count). The minimum Gasteiger partial charge on any atom is -0.379 e. The van der Waals surface area contributed by atoms with Gasteiger partial charge in [0.05, 0.1) is 13.2 Å². The van der Waals surface area contributed by atoms with Gasteiger partial charge >= 0.3 is 0 Å². The molecule has 0 aromatic rings. The topological polar surface area (TPSA) is 53.1 Å². The Morgan fingerprint density at radius 1 is 1.08 bits per heavy atom. The van der Waals surface area contributed by atoms with Crippen molar-refractivity contribution in [1.82, 2.24) is 14.7 Å². The molecular formula is C19H31N3O3. The molecule has 0 spiro atoms. The highest BCUT2D eigenvalue weighted by atomic mass is 16.5. The fraction of sp³-hybridized carbons (Fsp3) is 0.789. The standard InChI is InChI=1S/C19H31N3O3/c1-16(23)21-10-7-18-17(15-21)5-2-3-9-22(18)19(24)6-4-8-20-11-13-25-14-12-20/h4,6,17-18H,2-3,5,7-15H2,1H3/b6-4+/t17-,18-/m1/s1. The molecule has 3 saturated heterocycles. The monoisotopic (exact) mass is 349 g/mol. The maximum absolute atomic E-state index is 12.8. The lowest BCUT2D eigenvalue weighted by Crippen LogP contribution is -2.52. The Morgan fingerprint density at radius 2 is 1.88 bits per heavy atom. The summed E-state index contributed by atoms with van der Waals surface area (Å²) in [5, 5.41) is 0. The predicted octanol–water partition coefficient (Wildman–Crippen LogP) is 1.12. The Bertz CT molecular complexity index is 502. The molecule has 3 fully saturated rings.